The summed E-state index contributed by atoms with van der Waals surface area (Å²) in [5.41, 5.74) is 0. The van der Waals surface area contributed by atoms with Crippen molar-refractivity contribution in [3.05, 3.63) is 0 Å². The molecule has 1 saturated carbocycles. The van der Waals surface area contributed by atoms with E-state index in [1.807, 2.05) is 13.8 Å². The predicted octanol–water partition coefficient (Wildman–Crippen LogP) is 3.63. The third-order valence-corrected chi connectivity index (χ3v) is 0.354. The minimum absolute atomic E-state index is 0. The fourth-order valence-corrected chi connectivity index (χ4v) is 0. The summed E-state index contributed by atoms with van der Waals surface area (Å²) >= 11 is 0. The highest BCUT2D eigenvalue weighted by Gasteiger charge is 1.95. The molecule has 0 aromatic rings. The maximum atomic E-state index is 2.00. The molecule has 0 saturated heterocycles. The van der Waals surface area contributed by atoms with E-state index in [0.717, 1.165) is 0 Å². The van der Waals surface area contributed by atoms with Gasteiger partial charge in [0.25, 0.3) is 0 Å². The molecule has 0 radical (unpaired) electrons. The van der Waals surface area contributed by atoms with Crippen LogP contribution in [0.5, 0.6) is 0 Å². The summed E-state index contributed by atoms with van der Waals surface area (Å²) in [4.78, 5) is 0. The van der Waals surface area contributed by atoms with E-state index < -0.39 is 0 Å². The summed E-state index contributed by atoms with van der Waals surface area (Å²) in [6.07, 6.45) is 4.50. The van der Waals surface area contributed by atoms with Gasteiger partial charge in [0, 0.05) is 0 Å². The molecular formula is C7H23N. The van der Waals surface area contributed by atoms with E-state index in [9.17, 15) is 0 Å². The summed E-state index contributed by atoms with van der Waals surface area (Å²) in [5.74, 6) is 0. The van der Waals surface area contributed by atoms with E-state index in [1.165, 1.54) is 19.3 Å². The zero-order chi connectivity index (χ0) is 4.12. The minimum Gasteiger partial charge on any atom is -0.344 e. The minimum atomic E-state index is 0. The van der Waals surface area contributed by atoms with Gasteiger partial charge in [0.1, 0.15) is 0 Å². The van der Waals surface area contributed by atoms with Gasteiger partial charge in [0.15, 0.2) is 0 Å². The van der Waals surface area contributed by atoms with E-state index in [4.69, 9.17) is 0 Å². The Labute approximate surface area is 55.1 Å². The van der Waals surface area contributed by atoms with Gasteiger partial charge in [-0.2, -0.15) is 0 Å². The van der Waals surface area contributed by atoms with Crippen LogP contribution >= 0.6 is 0 Å². The molecule has 1 heteroatoms. The Balaban J connectivity index is -0.0000000153. The van der Waals surface area contributed by atoms with Gasteiger partial charge in [-0.25, -0.2) is 0 Å². The monoisotopic (exact) mass is 121 g/mol. The lowest BCUT2D eigenvalue weighted by Crippen LogP contribution is -0.856. The highest BCUT2D eigenvalue weighted by molar-refractivity contribution is 4.50. The van der Waals surface area contributed by atoms with Gasteiger partial charge in [-0.1, -0.05) is 48.0 Å². The van der Waals surface area contributed by atoms with Crippen LogP contribution in [-0.2, 0) is 0 Å². The second-order valence-electron chi connectivity index (χ2n) is 1.06. The zero-order valence-electron chi connectivity index (χ0n) is 4.83. The third-order valence-electron chi connectivity index (χ3n) is 0.354. The second-order valence-corrected chi connectivity index (χ2v) is 1.06. The quantitative estimate of drug-likeness (QED) is 0.522. The van der Waals surface area contributed by atoms with Crippen LogP contribution in [0.1, 0.15) is 48.0 Å². The van der Waals surface area contributed by atoms with Crippen LogP contribution in [0.15, 0.2) is 0 Å². The number of hydrogen-bond acceptors (Lipinski definition) is 1. The van der Waals surface area contributed by atoms with Gasteiger partial charge >= 0.3 is 0 Å². The van der Waals surface area contributed by atoms with Crippen molar-refractivity contribution in [1.82, 2.24) is 6.15 Å². The summed E-state index contributed by atoms with van der Waals surface area (Å²) in [5, 5.41) is 0. The van der Waals surface area contributed by atoms with Crippen molar-refractivity contribution in [2.45, 2.75) is 48.0 Å². The van der Waals surface area contributed by atoms with E-state index >= 15 is 0 Å². The first kappa shape index (κ1) is 24.6. The maximum Gasteiger partial charge on any atom is -0.0533 e. The van der Waals surface area contributed by atoms with E-state index in [2.05, 4.69) is 0 Å². The molecular weight excluding hydrogens is 98.1 g/mol. The largest absolute Gasteiger partial charge is 0.344 e. The topological polar surface area (TPSA) is 35.0 Å². The average Bonchev–Trinajstić information content (AvgIpc) is 2.19. The Kier molecular flexibility index (Phi) is 86.7. The van der Waals surface area contributed by atoms with Crippen molar-refractivity contribution < 1.29 is 0 Å². The lowest BCUT2D eigenvalue weighted by Gasteiger charge is -1.07. The molecule has 0 amide bonds. The standard InChI is InChI=1S/C3H6.C2H6.2CH4.H3N/c1-2-3-1;1-2;;;/h1-3H2;1-2H3;2*1H4;1H3. The summed E-state index contributed by atoms with van der Waals surface area (Å²) < 4.78 is 0. The van der Waals surface area contributed by atoms with Crippen LogP contribution in [0.25, 0.3) is 0 Å². The molecule has 1 aliphatic carbocycles. The molecule has 1 nitrogen and oxygen atoms in total. The first-order valence-corrected chi connectivity index (χ1v) is 2.50. The smallest absolute Gasteiger partial charge is 0.0533 e. The van der Waals surface area contributed by atoms with Gasteiger partial charge in [-0.3, -0.25) is 0 Å². The van der Waals surface area contributed by atoms with Crippen LogP contribution in [-0.4, -0.2) is 0 Å². The van der Waals surface area contributed by atoms with Crippen molar-refractivity contribution in [2.75, 3.05) is 0 Å². The SMILES string of the molecule is C.C.C1CC1.CC.N. The van der Waals surface area contributed by atoms with Crippen molar-refractivity contribution in [2.24, 2.45) is 0 Å². The molecule has 0 aromatic heterocycles. The first-order chi connectivity index (χ1) is 2.50. The van der Waals surface area contributed by atoms with Crippen LogP contribution in [0.3, 0.4) is 0 Å². The van der Waals surface area contributed by atoms with Crippen LogP contribution in [0.4, 0.5) is 0 Å². The van der Waals surface area contributed by atoms with Crippen molar-refractivity contribution in [3.8, 4) is 0 Å². The first-order valence-electron chi connectivity index (χ1n) is 2.50. The van der Waals surface area contributed by atoms with Crippen molar-refractivity contribution in [1.29, 1.82) is 0 Å². The molecule has 8 heavy (non-hydrogen) atoms. The molecule has 0 unspecified atom stereocenters. The molecule has 0 bridgehead atoms. The molecule has 0 heterocycles. The molecule has 0 atom stereocenters. The number of hydrogen-bond donors (Lipinski definition) is 1. The zero-order valence-corrected chi connectivity index (χ0v) is 4.83. The highest BCUT2D eigenvalue weighted by atomic mass is 14.0. The van der Waals surface area contributed by atoms with Crippen LogP contribution in [0, 0.1) is 0 Å². The second kappa shape index (κ2) is 28.2. The predicted molar refractivity (Wildman–Crippen MR) is 43.7 cm³/mol. The Morgan fingerprint density at radius 1 is 0.750 bits per heavy atom. The summed E-state index contributed by atoms with van der Waals surface area (Å²) in [6, 6.07) is 0. The molecule has 0 aliphatic heterocycles. The van der Waals surface area contributed by atoms with Gasteiger partial charge in [0.05, 0.1) is 0 Å². The molecule has 3 N–H and O–H groups in total. The van der Waals surface area contributed by atoms with Gasteiger partial charge in [0.2, 0.25) is 0 Å². The normalized spacial score (nSPS) is 9.75. The van der Waals surface area contributed by atoms with Gasteiger partial charge in [-0.15, -0.1) is 0 Å². The highest BCUT2D eigenvalue weighted by Crippen LogP contribution is 2.14. The van der Waals surface area contributed by atoms with E-state index in [1.54, 1.807) is 0 Å². The Bertz CT molecular complexity index is 9.10. The number of rotatable bonds is 0. The van der Waals surface area contributed by atoms with Gasteiger partial charge in [-0.05, 0) is 0 Å². The molecule has 1 aliphatic rings. The molecule has 0 spiro atoms. The molecule has 0 aromatic carbocycles. The molecule has 1 rings (SSSR count). The van der Waals surface area contributed by atoms with E-state index in [0.29, 0.717) is 0 Å². The van der Waals surface area contributed by atoms with Crippen LogP contribution in [0.2, 0.25) is 0 Å². The fraction of sp³-hybridized carbons (Fsp3) is 1.00. The third kappa shape index (κ3) is 159. The summed E-state index contributed by atoms with van der Waals surface area (Å²) in [7, 11) is 0. The maximum absolute atomic E-state index is 2.00. The molecule has 56 valence electrons. The Hall–Kier alpha value is -0.0400. The van der Waals surface area contributed by atoms with Crippen molar-refractivity contribution >= 4 is 0 Å². The lowest BCUT2D eigenvalue weighted by molar-refractivity contribution is 1.50. The fourth-order valence-electron chi connectivity index (χ4n) is 0. The van der Waals surface area contributed by atoms with Crippen LogP contribution < -0.4 is 6.15 Å². The van der Waals surface area contributed by atoms with E-state index in [-0.39, 0.29) is 21.0 Å². The summed E-state index contributed by atoms with van der Waals surface area (Å²) in [6.45, 7) is 4.00. The van der Waals surface area contributed by atoms with Crippen molar-refractivity contribution in [3.63, 3.8) is 0 Å². The lowest BCUT2D eigenvalue weighted by atomic mass is 11.0. The average molecular weight is 121 g/mol. The Morgan fingerprint density at radius 2 is 0.875 bits per heavy atom. The Morgan fingerprint density at radius 3 is 0.875 bits per heavy atom. The van der Waals surface area contributed by atoms with Gasteiger partial charge < -0.3 is 6.15 Å². The molecule has 1 fully saturated rings.